The van der Waals surface area contributed by atoms with Crippen molar-refractivity contribution in [2.45, 2.75) is 51.4 Å². The molecule has 0 atom stereocenters. The van der Waals surface area contributed by atoms with Gasteiger partial charge in [0.05, 0.1) is 0 Å². The Hall–Kier alpha value is 0.147. The summed E-state index contributed by atoms with van der Waals surface area (Å²) < 4.78 is 0. The Morgan fingerprint density at radius 1 is 0.462 bits per heavy atom. The minimum Gasteiger partial charge on any atom is -1.00 e. The van der Waals surface area contributed by atoms with Crippen LogP contribution >= 0.6 is 0 Å². The van der Waals surface area contributed by atoms with E-state index in [2.05, 4.69) is 9.97 Å². The monoisotopic (exact) mass is 878 g/mol. The Morgan fingerprint density at radius 2 is 0.692 bits per heavy atom. The van der Waals surface area contributed by atoms with Crippen LogP contribution in [0.25, 0.3) is 0 Å². The summed E-state index contributed by atoms with van der Waals surface area (Å²) in [5.41, 5.74) is 21.0. The number of unbranched alkanes of at least 4 members (excludes halogenated alkanes) is 6. The average molecular weight is 881 g/mol. The van der Waals surface area contributed by atoms with Crippen LogP contribution in [0.4, 0.5) is 0 Å². The normalized spacial score (nSPS) is 7.08. The summed E-state index contributed by atoms with van der Waals surface area (Å²) in [4.78, 5) is 25.4. The number of nitrogens with two attached hydrogens (primary N) is 4. The second-order valence-electron chi connectivity index (χ2n) is 6.44. The molecule has 0 saturated carbocycles. The molecule has 2 rings (SSSR count). The molecule has 0 aliphatic carbocycles. The van der Waals surface area contributed by atoms with E-state index in [1.165, 1.54) is 37.8 Å². The van der Waals surface area contributed by atoms with Crippen molar-refractivity contribution in [3.8, 4) is 0 Å². The van der Waals surface area contributed by atoms with Crippen molar-refractivity contribution in [3.05, 3.63) is 69.5 Å². The summed E-state index contributed by atoms with van der Waals surface area (Å²) >= 11 is 0. The van der Waals surface area contributed by atoms with Crippen molar-refractivity contribution in [1.29, 1.82) is 0 Å². The number of hydrogen-bond donors (Lipinski definition) is 10. The molecule has 17 heteroatoms. The topological polar surface area (TPSA) is 310 Å². The van der Waals surface area contributed by atoms with Crippen LogP contribution < -0.4 is 83.5 Å². The SMILES string of the molecule is N.N.N.N.NCCCCCCN.NCCCCCCN.O=c1cccc[nH]1.O=c1cccc[nH]1.[Cl-].[Cl-].[Pd+2].[Pd+2].[Pd+2]. The van der Waals surface area contributed by atoms with Gasteiger partial charge in [0.2, 0.25) is 11.1 Å². The van der Waals surface area contributed by atoms with Gasteiger partial charge in [-0.3, -0.25) is 9.59 Å². The van der Waals surface area contributed by atoms with E-state index in [1.54, 1.807) is 36.7 Å². The molecule has 244 valence electrons. The molecular weight excluding hydrogens is 826 g/mol. The van der Waals surface area contributed by atoms with Crippen LogP contribution in [-0.2, 0) is 61.3 Å². The van der Waals surface area contributed by atoms with E-state index in [9.17, 15) is 9.59 Å². The molecular formula is C22H54Cl2N10O2Pd3+4. The van der Waals surface area contributed by atoms with Crippen molar-refractivity contribution in [3.63, 3.8) is 0 Å². The van der Waals surface area contributed by atoms with E-state index in [1.807, 2.05) is 0 Å². The van der Waals surface area contributed by atoms with Crippen molar-refractivity contribution in [2.24, 2.45) is 22.9 Å². The number of nitrogens with one attached hydrogen (secondary N) is 2. The summed E-state index contributed by atoms with van der Waals surface area (Å²) in [6.45, 7) is 3.30. The van der Waals surface area contributed by atoms with Crippen molar-refractivity contribution in [1.82, 2.24) is 34.6 Å². The number of halogens is 2. The molecule has 0 bridgehead atoms. The standard InChI is InChI=1S/2C6H16N2.2C5H5NO.2ClH.4H3N.3Pd/c2*7-5-3-1-2-4-6-8;2*7-5-3-1-2-4-6-5;;;;;;;;;/h2*1-8H2;2*1-4H,(H,6,7);2*1H;4*1H3;;;/q;;;;;;;;;;3*+2/p-2. The van der Waals surface area contributed by atoms with Gasteiger partial charge in [-0.15, -0.1) is 0 Å². The number of aromatic nitrogens is 2. The fourth-order valence-corrected chi connectivity index (χ4v) is 2.04. The maximum atomic E-state index is 10.2. The summed E-state index contributed by atoms with van der Waals surface area (Å²) in [5.74, 6) is 0. The Morgan fingerprint density at radius 3 is 0.795 bits per heavy atom. The van der Waals surface area contributed by atoms with Gasteiger partial charge in [-0.2, -0.15) is 0 Å². The molecule has 0 aliphatic rings. The zero-order valence-corrected chi connectivity index (χ0v) is 28.9. The maximum absolute atomic E-state index is 10.2. The predicted octanol–water partition coefficient (Wildman–Crippen LogP) is -3.67. The van der Waals surface area contributed by atoms with Gasteiger partial charge in [-0.1, -0.05) is 37.8 Å². The molecule has 2 aromatic heterocycles. The third kappa shape index (κ3) is 72.9. The average Bonchev–Trinajstić information content (AvgIpc) is 2.77. The van der Waals surface area contributed by atoms with Gasteiger partial charge in [0.15, 0.2) is 0 Å². The van der Waals surface area contributed by atoms with Crippen LogP contribution in [0, 0.1) is 0 Å². The molecule has 2 heterocycles. The van der Waals surface area contributed by atoms with E-state index >= 15 is 0 Å². The second kappa shape index (κ2) is 66.4. The quantitative estimate of drug-likeness (QED) is 0.0824. The first kappa shape index (κ1) is 71.9. The first-order valence-electron chi connectivity index (χ1n) is 10.7. The van der Waals surface area contributed by atoms with Gasteiger partial charge >= 0.3 is 61.3 Å². The van der Waals surface area contributed by atoms with Crippen LogP contribution in [0.5, 0.6) is 0 Å². The van der Waals surface area contributed by atoms with Gasteiger partial charge in [-0.05, 0) is 64.0 Å². The third-order valence-corrected chi connectivity index (χ3v) is 3.68. The van der Waals surface area contributed by atoms with Gasteiger partial charge in [0.1, 0.15) is 0 Å². The zero-order valence-electron chi connectivity index (χ0n) is 22.8. The van der Waals surface area contributed by atoms with E-state index in [4.69, 9.17) is 22.9 Å². The summed E-state index contributed by atoms with van der Waals surface area (Å²) in [5, 5.41) is 0. The van der Waals surface area contributed by atoms with Gasteiger partial charge < -0.3 is 82.3 Å². The summed E-state index contributed by atoms with van der Waals surface area (Å²) in [7, 11) is 0. The molecule has 2 aromatic rings. The number of aromatic amines is 2. The van der Waals surface area contributed by atoms with Gasteiger partial charge in [0.25, 0.3) is 0 Å². The molecule has 0 unspecified atom stereocenters. The predicted molar refractivity (Wildman–Crippen MR) is 147 cm³/mol. The maximum Gasteiger partial charge on any atom is 2.00 e. The van der Waals surface area contributed by atoms with Crippen molar-refractivity contribution in [2.75, 3.05) is 26.2 Å². The Balaban J connectivity index is -0.0000000277. The molecule has 0 radical (unpaired) electrons. The molecule has 0 aromatic carbocycles. The Bertz CT molecular complexity index is 590. The van der Waals surface area contributed by atoms with Crippen molar-refractivity contribution >= 4 is 0 Å². The van der Waals surface area contributed by atoms with Crippen LogP contribution in [0.3, 0.4) is 0 Å². The first-order chi connectivity index (χ1) is 14.6. The van der Waals surface area contributed by atoms with Crippen LogP contribution in [0.15, 0.2) is 58.4 Å². The van der Waals surface area contributed by atoms with Crippen LogP contribution in [0.2, 0.25) is 0 Å². The summed E-state index contributed by atoms with van der Waals surface area (Å²) in [6.07, 6.45) is 12.8. The largest absolute Gasteiger partial charge is 2.00 e. The molecule has 12 nitrogen and oxygen atoms in total. The number of hydrogen-bond acceptors (Lipinski definition) is 10. The van der Waals surface area contributed by atoms with E-state index in [0.717, 1.165) is 51.9 Å². The first-order valence-corrected chi connectivity index (χ1v) is 10.7. The van der Waals surface area contributed by atoms with E-state index < -0.39 is 0 Å². The minimum atomic E-state index is -0.0532. The fourth-order valence-electron chi connectivity index (χ4n) is 2.04. The number of H-pyrrole nitrogens is 2. The molecule has 0 amide bonds. The van der Waals surface area contributed by atoms with Gasteiger partial charge in [0, 0.05) is 24.5 Å². The Kier molecular flexibility index (Phi) is 122. The van der Waals surface area contributed by atoms with Gasteiger partial charge in [-0.25, -0.2) is 0 Å². The number of pyridine rings is 2. The Labute approximate surface area is 288 Å². The molecule has 0 fully saturated rings. The zero-order chi connectivity index (χ0) is 22.7. The number of rotatable bonds is 10. The molecule has 0 aliphatic heterocycles. The second-order valence-corrected chi connectivity index (χ2v) is 6.44. The molecule has 39 heavy (non-hydrogen) atoms. The van der Waals surface area contributed by atoms with E-state index in [0.29, 0.717) is 0 Å². The third-order valence-electron chi connectivity index (χ3n) is 3.68. The van der Waals surface area contributed by atoms with Crippen LogP contribution in [0.1, 0.15) is 51.4 Å². The molecule has 0 saturated heterocycles. The fraction of sp³-hybridized carbons (Fsp3) is 0.545. The molecule has 0 spiro atoms. The summed E-state index contributed by atoms with van der Waals surface area (Å²) in [6, 6.07) is 9.86. The minimum absolute atomic E-state index is 0. The van der Waals surface area contributed by atoms with Crippen molar-refractivity contribution < 1.29 is 86.1 Å². The van der Waals surface area contributed by atoms with Crippen LogP contribution in [-0.4, -0.2) is 36.1 Å². The molecule has 22 N–H and O–H groups in total. The smallest absolute Gasteiger partial charge is 1.00 e. The van der Waals surface area contributed by atoms with E-state index in [-0.39, 0.29) is 122 Å².